The van der Waals surface area contributed by atoms with E-state index in [1.54, 1.807) is 4.52 Å². The number of halogens is 1. The van der Waals surface area contributed by atoms with Crippen molar-refractivity contribution in [2.45, 2.75) is 6.92 Å². The zero-order valence-electron chi connectivity index (χ0n) is 12.8. The van der Waals surface area contributed by atoms with Gasteiger partial charge in [-0.15, -0.1) is 10.2 Å². The molecule has 7 heteroatoms. The van der Waals surface area contributed by atoms with Crippen molar-refractivity contribution in [2.24, 2.45) is 0 Å². The first-order chi connectivity index (χ1) is 11.8. The summed E-state index contributed by atoms with van der Waals surface area (Å²) in [5.41, 5.74) is 1.92. The monoisotopic (exact) mass is 400 g/mol. The van der Waals surface area contributed by atoms with Crippen molar-refractivity contribution in [3.05, 3.63) is 53.0 Å². The number of rotatable bonds is 4. The minimum atomic E-state index is 0.614. The fraction of sp³-hybridized carbons (Fsp3) is 0.118. The molecule has 5 nitrogen and oxygen atoms in total. The molecule has 0 saturated carbocycles. The lowest BCUT2D eigenvalue weighted by molar-refractivity contribution is 0.341. The van der Waals surface area contributed by atoms with Crippen LogP contribution in [0.3, 0.4) is 0 Å². The maximum atomic E-state index is 5.71. The van der Waals surface area contributed by atoms with Gasteiger partial charge in [0.25, 0.3) is 0 Å². The van der Waals surface area contributed by atoms with Gasteiger partial charge >= 0.3 is 0 Å². The Morgan fingerprint density at radius 2 is 1.79 bits per heavy atom. The molecular weight excluding hydrogens is 388 g/mol. The summed E-state index contributed by atoms with van der Waals surface area (Å²) in [6.07, 6.45) is 0. The predicted octanol–water partition coefficient (Wildman–Crippen LogP) is 4.68. The van der Waals surface area contributed by atoms with Crippen molar-refractivity contribution in [3.63, 3.8) is 0 Å². The molecule has 0 spiro atoms. The van der Waals surface area contributed by atoms with E-state index in [2.05, 4.69) is 26.1 Å². The first kappa shape index (κ1) is 15.3. The second kappa shape index (κ2) is 6.33. The third-order valence-electron chi connectivity index (χ3n) is 3.52. The average Bonchev–Trinajstić information content (AvgIpc) is 3.17. The predicted molar refractivity (Wildman–Crippen MR) is 98.4 cm³/mol. The summed E-state index contributed by atoms with van der Waals surface area (Å²) < 4.78 is 8.45. The van der Waals surface area contributed by atoms with E-state index in [-0.39, 0.29) is 0 Å². The van der Waals surface area contributed by atoms with Crippen LogP contribution in [0, 0.1) is 0 Å². The molecule has 0 atom stereocenters. The lowest BCUT2D eigenvalue weighted by Crippen LogP contribution is -1.95. The summed E-state index contributed by atoms with van der Waals surface area (Å²) in [7, 11) is 0. The second-order valence-electron chi connectivity index (χ2n) is 5.03. The Morgan fingerprint density at radius 1 is 1.04 bits per heavy atom. The SMILES string of the molecule is CCOc1ccccc1-c1nn2c(-c3ccccc3Br)nnc2s1. The molecule has 2 aromatic carbocycles. The van der Waals surface area contributed by atoms with E-state index in [4.69, 9.17) is 9.84 Å². The van der Waals surface area contributed by atoms with Crippen LogP contribution in [0.1, 0.15) is 6.92 Å². The molecule has 0 aliphatic rings. The molecule has 24 heavy (non-hydrogen) atoms. The Kier molecular flexibility index (Phi) is 4.03. The van der Waals surface area contributed by atoms with Crippen molar-refractivity contribution >= 4 is 32.2 Å². The van der Waals surface area contributed by atoms with Crippen molar-refractivity contribution in [1.29, 1.82) is 0 Å². The largest absolute Gasteiger partial charge is 0.493 e. The van der Waals surface area contributed by atoms with Crippen LogP contribution in [0.25, 0.3) is 26.9 Å². The van der Waals surface area contributed by atoms with Crippen LogP contribution in [-0.4, -0.2) is 26.4 Å². The zero-order valence-corrected chi connectivity index (χ0v) is 15.2. The molecule has 0 aliphatic carbocycles. The highest BCUT2D eigenvalue weighted by atomic mass is 79.9. The lowest BCUT2D eigenvalue weighted by Gasteiger charge is -2.06. The highest BCUT2D eigenvalue weighted by Crippen LogP contribution is 2.35. The molecule has 0 radical (unpaired) electrons. The number of nitrogens with zero attached hydrogens (tertiary/aromatic N) is 4. The number of aromatic nitrogens is 4. The maximum Gasteiger partial charge on any atom is 0.235 e. The van der Waals surface area contributed by atoms with Crippen LogP contribution in [0.4, 0.5) is 0 Å². The third-order valence-corrected chi connectivity index (χ3v) is 5.15. The molecule has 0 fully saturated rings. The zero-order chi connectivity index (χ0) is 16.5. The van der Waals surface area contributed by atoms with Gasteiger partial charge < -0.3 is 4.74 Å². The Labute approximate surface area is 151 Å². The molecule has 0 aliphatic heterocycles. The molecule has 0 bridgehead atoms. The van der Waals surface area contributed by atoms with Gasteiger partial charge in [0.1, 0.15) is 5.75 Å². The number of hydrogen-bond acceptors (Lipinski definition) is 5. The Balaban J connectivity index is 1.85. The molecule has 0 unspecified atom stereocenters. The lowest BCUT2D eigenvalue weighted by atomic mass is 10.2. The van der Waals surface area contributed by atoms with E-state index in [1.165, 1.54) is 11.3 Å². The van der Waals surface area contributed by atoms with E-state index in [0.29, 0.717) is 12.4 Å². The highest BCUT2D eigenvalue weighted by molar-refractivity contribution is 9.10. The Bertz CT molecular complexity index is 1010. The van der Waals surface area contributed by atoms with Gasteiger partial charge in [-0.05, 0) is 31.2 Å². The minimum absolute atomic E-state index is 0.614. The van der Waals surface area contributed by atoms with E-state index in [9.17, 15) is 0 Å². The summed E-state index contributed by atoms with van der Waals surface area (Å²) in [6.45, 7) is 2.59. The fourth-order valence-corrected chi connectivity index (χ4v) is 3.79. The second-order valence-corrected chi connectivity index (χ2v) is 6.84. The van der Waals surface area contributed by atoms with E-state index in [1.807, 2.05) is 55.5 Å². The third kappa shape index (κ3) is 2.59. The van der Waals surface area contributed by atoms with E-state index < -0.39 is 0 Å². The highest BCUT2D eigenvalue weighted by Gasteiger charge is 2.17. The number of ether oxygens (including phenoxy) is 1. The van der Waals surface area contributed by atoms with E-state index >= 15 is 0 Å². The Hall–Kier alpha value is -2.25. The number of para-hydroxylation sites is 1. The van der Waals surface area contributed by atoms with Crippen molar-refractivity contribution < 1.29 is 4.74 Å². The molecule has 4 aromatic rings. The standard InChI is InChI=1S/C17H13BrN4OS/c1-2-23-14-10-6-4-8-12(14)16-21-22-15(19-20-17(22)24-16)11-7-3-5-9-13(11)18/h3-10H,2H2,1H3. The number of hydrogen-bond donors (Lipinski definition) is 0. The maximum absolute atomic E-state index is 5.71. The van der Waals surface area contributed by atoms with Gasteiger partial charge in [0.05, 0.1) is 12.2 Å². The van der Waals surface area contributed by atoms with Gasteiger partial charge in [-0.1, -0.05) is 51.5 Å². The quantitative estimate of drug-likeness (QED) is 0.498. The first-order valence-electron chi connectivity index (χ1n) is 7.47. The average molecular weight is 401 g/mol. The number of fused-ring (bicyclic) bond motifs is 1. The van der Waals surface area contributed by atoms with Gasteiger partial charge in [0, 0.05) is 10.0 Å². The van der Waals surface area contributed by atoms with Gasteiger partial charge in [-0.2, -0.15) is 9.61 Å². The van der Waals surface area contributed by atoms with E-state index in [0.717, 1.165) is 31.3 Å². The van der Waals surface area contributed by atoms with Crippen LogP contribution in [0.15, 0.2) is 53.0 Å². The van der Waals surface area contributed by atoms with Crippen LogP contribution in [0.2, 0.25) is 0 Å². The van der Waals surface area contributed by atoms with Crippen LogP contribution >= 0.6 is 27.3 Å². The topological polar surface area (TPSA) is 52.3 Å². The summed E-state index contributed by atoms with van der Waals surface area (Å²) in [5, 5.41) is 14.1. The van der Waals surface area contributed by atoms with Crippen LogP contribution in [0.5, 0.6) is 5.75 Å². The fourth-order valence-electron chi connectivity index (χ4n) is 2.46. The van der Waals surface area contributed by atoms with Crippen molar-refractivity contribution in [2.75, 3.05) is 6.61 Å². The molecule has 4 rings (SSSR count). The van der Waals surface area contributed by atoms with Crippen LogP contribution < -0.4 is 4.74 Å². The molecular formula is C17H13BrN4OS. The minimum Gasteiger partial charge on any atom is -0.493 e. The molecule has 0 N–H and O–H groups in total. The summed E-state index contributed by atoms with van der Waals surface area (Å²) in [6, 6.07) is 15.8. The Morgan fingerprint density at radius 3 is 2.58 bits per heavy atom. The van der Waals surface area contributed by atoms with Crippen molar-refractivity contribution in [3.8, 4) is 27.7 Å². The van der Waals surface area contributed by atoms with Crippen molar-refractivity contribution in [1.82, 2.24) is 19.8 Å². The molecule has 0 saturated heterocycles. The molecule has 120 valence electrons. The molecule has 0 amide bonds. The normalized spacial score (nSPS) is 11.1. The van der Waals surface area contributed by atoms with Gasteiger partial charge in [-0.3, -0.25) is 0 Å². The molecule has 2 heterocycles. The smallest absolute Gasteiger partial charge is 0.235 e. The number of benzene rings is 2. The first-order valence-corrected chi connectivity index (χ1v) is 9.08. The van der Waals surface area contributed by atoms with Gasteiger partial charge in [-0.25, -0.2) is 0 Å². The van der Waals surface area contributed by atoms with Crippen LogP contribution in [-0.2, 0) is 0 Å². The summed E-state index contributed by atoms with van der Waals surface area (Å²) >= 11 is 5.06. The molecule has 2 aromatic heterocycles. The van der Waals surface area contributed by atoms with Gasteiger partial charge in [0.15, 0.2) is 10.8 Å². The summed E-state index contributed by atoms with van der Waals surface area (Å²) in [4.78, 5) is 0.752. The summed E-state index contributed by atoms with van der Waals surface area (Å²) in [5.74, 6) is 1.54. The van der Waals surface area contributed by atoms with Gasteiger partial charge in [0.2, 0.25) is 4.96 Å².